The van der Waals surface area contributed by atoms with E-state index in [2.05, 4.69) is 10.6 Å². The lowest BCUT2D eigenvalue weighted by molar-refractivity contribution is -0.136. The second-order valence-electron chi connectivity index (χ2n) is 6.08. The van der Waals surface area contributed by atoms with E-state index in [1.807, 2.05) is 0 Å². The predicted molar refractivity (Wildman–Crippen MR) is 79.7 cm³/mol. The van der Waals surface area contributed by atoms with E-state index in [4.69, 9.17) is 0 Å². The molecule has 0 spiro atoms. The Bertz CT molecular complexity index is 399. The maximum atomic E-state index is 11.8. The Labute approximate surface area is 126 Å². The van der Waals surface area contributed by atoms with Gasteiger partial charge in [-0.2, -0.15) is 0 Å². The lowest BCUT2D eigenvalue weighted by Gasteiger charge is -2.26. The van der Waals surface area contributed by atoms with Crippen LogP contribution < -0.4 is 10.6 Å². The van der Waals surface area contributed by atoms with Crippen LogP contribution in [0.5, 0.6) is 0 Å². The molecular formula is C15H26N2O4. The summed E-state index contributed by atoms with van der Waals surface area (Å²) in [5.41, 5.74) is -2.00. The van der Waals surface area contributed by atoms with Crippen LogP contribution >= 0.6 is 0 Å². The van der Waals surface area contributed by atoms with Gasteiger partial charge in [-0.15, -0.1) is 0 Å². The molecule has 0 atom stereocenters. The average Bonchev–Trinajstić information content (AvgIpc) is 2.34. The molecule has 0 bridgehead atoms. The fourth-order valence-electron chi connectivity index (χ4n) is 1.95. The van der Waals surface area contributed by atoms with E-state index in [0.29, 0.717) is 12.8 Å². The highest BCUT2D eigenvalue weighted by Crippen LogP contribution is 2.09. The maximum absolute atomic E-state index is 11.8. The number of hydrogen-bond acceptors (Lipinski definition) is 4. The fourth-order valence-corrected chi connectivity index (χ4v) is 1.95. The van der Waals surface area contributed by atoms with E-state index in [9.17, 15) is 19.2 Å². The third-order valence-corrected chi connectivity index (χ3v) is 3.26. The summed E-state index contributed by atoms with van der Waals surface area (Å²) in [6.45, 7) is 9.81. The molecule has 0 rings (SSSR count). The highest BCUT2D eigenvalue weighted by molar-refractivity contribution is 6.02. The molecule has 0 fully saturated rings. The summed E-state index contributed by atoms with van der Waals surface area (Å²) in [5, 5.41) is 5.07. The molecule has 0 saturated heterocycles. The number of carbonyl (C=O) groups excluding carboxylic acids is 4. The molecule has 0 aromatic heterocycles. The van der Waals surface area contributed by atoms with Gasteiger partial charge in [0.2, 0.25) is 11.8 Å². The van der Waals surface area contributed by atoms with Crippen LogP contribution in [-0.2, 0) is 19.2 Å². The Morgan fingerprint density at radius 3 is 1.24 bits per heavy atom. The van der Waals surface area contributed by atoms with E-state index < -0.39 is 29.3 Å². The van der Waals surface area contributed by atoms with E-state index in [1.165, 1.54) is 0 Å². The topological polar surface area (TPSA) is 92.3 Å². The fraction of sp³-hybridized carbons (Fsp3) is 0.733. The number of nitrogens with one attached hydrogen (secondary N) is 2. The number of ketones is 2. The van der Waals surface area contributed by atoms with Gasteiger partial charge in [0.1, 0.15) is 6.42 Å². The minimum Gasteiger partial charge on any atom is -0.344 e. The van der Waals surface area contributed by atoms with Crippen LogP contribution in [0.25, 0.3) is 0 Å². The SMILES string of the molecule is CCC(=O)C(C)(C)NC(=O)CC(=O)NC(C)(C)C(=O)CC. The predicted octanol–water partition coefficient (Wildman–Crippen LogP) is 1.12. The molecule has 0 aliphatic carbocycles. The van der Waals surface area contributed by atoms with Crippen molar-refractivity contribution >= 4 is 23.4 Å². The van der Waals surface area contributed by atoms with Gasteiger partial charge < -0.3 is 10.6 Å². The molecule has 6 heteroatoms. The highest BCUT2D eigenvalue weighted by Gasteiger charge is 2.31. The van der Waals surface area contributed by atoms with Gasteiger partial charge in [0.15, 0.2) is 11.6 Å². The van der Waals surface area contributed by atoms with E-state index in [0.717, 1.165) is 0 Å². The average molecular weight is 298 g/mol. The molecule has 21 heavy (non-hydrogen) atoms. The van der Waals surface area contributed by atoms with Crippen LogP contribution in [0.2, 0.25) is 0 Å². The van der Waals surface area contributed by atoms with Gasteiger partial charge in [0.25, 0.3) is 0 Å². The van der Waals surface area contributed by atoms with Crippen LogP contribution in [-0.4, -0.2) is 34.5 Å². The molecular weight excluding hydrogens is 272 g/mol. The molecule has 120 valence electrons. The first kappa shape index (κ1) is 19.3. The van der Waals surface area contributed by atoms with Crippen molar-refractivity contribution in [1.29, 1.82) is 0 Å². The number of rotatable bonds is 8. The summed E-state index contributed by atoms with van der Waals surface area (Å²) in [5.74, 6) is -1.31. The van der Waals surface area contributed by atoms with Gasteiger partial charge in [0, 0.05) is 12.8 Å². The molecule has 0 aliphatic heterocycles. The zero-order chi connectivity index (χ0) is 16.8. The van der Waals surface area contributed by atoms with E-state index in [-0.39, 0.29) is 11.6 Å². The van der Waals surface area contributed by atoms with Gasteiger partial charge in [-0.1, -0.05) is 13.8 Å². The van der Waals surface area contributed by atoms with Crippen LogP contribution in [0.4, 0.5) is 0 Å². The van der Waals surface area contributed by atoms with Crippen molar-refractivity contribution in [2.24, 2.45) is 0 Å². The molecule has 6 nitrogen and oxygen atoms in total. The second kappa shape index (κ2) is 7.33. The van der Waals surface area contributed by atoms with Crippen molar-refractivity contribution in [3.8, 4) is 0 Å². The molecule has 0 heterocycles. The summed E-state index contributed by atoms with van der Waals surface area (Å²) >= 11 is 0. The van der Waals surface area contributed by atoms with Crippen LogP contribution in [0.1, 0.15) is 60.8 Å². The lowest BCUT2D eigenvalue weighted by Crippen LogP contribution is -2.53. The van der Waals surface area contributed by atoms with E-state index >= 15 is 0 Å². The molecule has 0 aliphatic rings. The Morgan fingerprint density at radius 1 is 0.714 bits per heavy atom. The van der Waals surface area contributed by atoms with Crippen LogP contribution in [0.15, 0.2) is 0 Å². The van der Waals surface area contributed by atoms with Crippen molar-refractivity contribution in [2.45, 2.75) is 71.9 Å². The first-order valence-electron chi connectivity index (χ1n) is 7.14. The van der Waals surface area contributed by atoms with Crippen LogP contribution in [0, 0.1) is 0 Å². The normalized spacial score (nSPS) is 11.7. The quantitative estimate of drug-likeness (QED) is 0.657. The zero-order valence-electron chi connectivity index (χ0n) is 13.8. The first-order valence-corrected chi connectivity index (χ1v) is 7.14. The molecule has 2 amide bonds. The smallest absolute Gasteiger partial charge is 0.230 e. The maximum Gasteiger partial charge on any atom is 0.230 e. The molecule has 0 unspecified atom stereocenters. The minimum absolute atomic E-state index is 0.113. The summed E-state index contributed by atoms with van der Waals surface area (Å²) in [7, 11) is 0. The Balaban J connectivity index is 4.57. The summed E-state index contributed by atoms with van der Waals surface area (Å²) in [4.78, 5) is 46.9. The third kappa shape index (κ3) is 6.06. The summed E-state index contributed by atoms with van der Waals surface area (Å²) < 4.78 is 0. The monoisotopic (exact) mass is 298 g/mol. The van der Waals surface area contributed by atoms with E-state index in [1.54, 1.807) is 41.5 Å². The number of amides is 2. The molecule has 2 N–H and O–H groups in total. The highest BCUT2D eigenvalue weighted by atomic mass is 16.2. The largest absolute Gasteiger partial charge is 0.344 e. The molecule has 0 aromatic carbocycles. The number of hydrogen-bond donors (Lipinski definition) is 2. The van der Waals surface area contributed by atoms with Crippen molar-refractivity contribution in [1.82, 2.24) is 10.6 Å². The Hall–Kier alpha value is -1.72. The van der Waals surface area contributed by atoms with Crippen LogP contribution in [0.3, 0.4) is 0 Å². The standard InChI is InChI=1S/C15H26N2O4/c1-7-10(18)14(3,4)16-12(20)9-13(21)17-15(5,6)11(19)8-2/h7-9H2,1-6H3,(H,16,20)(H,17,21). The lowest BCUT2D eigenvalue weighted by atomic mass is 9.96. The van der Waals surface area contributed by atoms with Gasteiger partial charge >= 0.3 is 0 Å². The molecule has 0 saturated carbocycles. The van der Waals surface area contributed by atoms with Crippen molar-refractivity contribution in [3.63, 3.8) is 0 Å². The summed E-state index contributed by atoms with van der Waals surface area (Å²) in [6, 6.07) is 0. The molecule has 0 aromatic rings. The molecule has 0 radical (unpaired) electrons. The second-order valence-corrected chi connectivity index (χ2v) is 6.08. The van der Waals surface area contributed by atoms with Gasteiger partial charge in [-0.05, 0) is 27.7 Å². The Kier molecular flexibility index (Phi) is 6.73. The van der Waals surface area contributed by atoms with Gasteiger partial charge in [-0.25, -0.2) is 0 Å². The van der Waals surface area contributed by atoms with Gasteiger partial charge in [-0.3, -0.25) is 19.2 Å². The zero-order valence-corrected chi connectivity index (χ0v) is 13.8. The van der Waals surface area contributed by atoms with Gasteiger partial charge in [0.05, 0.1) is 11.1 Å². The minimum atomic E-state index is -0.999. The summed E-state index contributed by atoms with van der Waals surface area (Å²) in [6.07, 6.45) is 0.190. The first-order chi connectivity index (χ1) is 9.46. The third-order valence-electron chi connectivity index (χ3n) is 3.26. The van der Waals surface area contributed by atoms with Crippen molar-refractivity contribution in [2.75, 3.05) is 0 Å². The number of carbonyl (C=O) groups is 4. The van der Waals surface area contributed by atoms with Crippen molar-refractivity contribution in [3.05, 3.63) is 0 Å². The number of Topliss-reactive ketones (excluding diaryl/α,β-unsaturated/α-hetero) is 2. The Morgan fingerprint density at radius 2 is 1.00 bits per heavy atom. The van der Waals surface area contributed by atoms with Crippen molar-refractivity contribution < 1.29 is 19.2 Å².